The molecule has 0 aromatic rings. The SMILES string of the molecule is CCC(C)(OC(C)=O)C(=O)OCC1=CCN2CCC(O)C12. The van der Waals surface area contributed by atoms with Gasteiger partial charge in [0.1, 0.15) is 6.61 Å². The molecule has 118 valence electrons. The van der Waals surface area contributed by atoms with E-state index in [4.69, 9.17) is 9.47 Å². The third kappa shape index (κ3) is 3.27. The second-order valence-electron chi connectivity index (χ2n) is 5.83. The van der Waals surface area contributed by atoms with Crippen molar-refractivity contribution in [2.75, 3.05) is 19.7 Å². The molecule has 2 aliphatic heterocycles. The highest BCUT2D eigenvalue weighted by molar-refractivity contribution is 5.82. The van der Waals surface area contributed by atoms with Gasteiger partial charge in [-0.25, -0.2) is 4.79 Å². The van der Waals surface area contributed by atoms with Crippen LogP contribution in [0.2, 0.25) is 0 Å². The molecule has 21 heavy (non-hydrogen) atoms. The minimum atomic E-state index is -1.25. The monoisotopic (exact) mass is 297 g/mol. The number of aliphatic hydroxyl groups excluding tert-OH is 1. The molecule has 6 heteroatoms. The second kappa shape index (κ2) is 6.15. The van der Waals surface area contributed by atoms with Gasteiger partial charge >= 0.3 is 11.9 Å². The van der Waals surface area contributed by atoms with Crippen LogP contribution in [0, 0.1) is 0 Å². The zero-order valence-corrected chi connectivity index (χ0v) is 12.8. The normalized spacial score (nSPS) is 27.7. The van der Waals surface area contributed by atoms with Crippen molar-refractivity contribution in [1.82, 2.24) is 4.90 Å². The first-order valence-corrected chi connectivity index (χ1v) is 7.35. The average Bonchev–Trinajstić information content (AvgIpc) is 2.99. The summed E-state index contributed by atoms with van der Waals surface area (Å²) >= 11 is 0. The molecule has 0 aromatic carbocycles. The van der Waals surface area contributed by atoms with Crippen molar-refractivity contribution in [3.63, 3.8) is 0 Å². The van der Waals surface area contributed by atoms with Crippen molar-refractivity contribution >= 4 is 11.9 Å². The zero-order valence-electron chi connectivity index (χ0n) is 12.8. The molecule has 2 aliphatic rings. The molecule has 2 heterocycles. The number of esters is 2. The molecule has 3 unspecified atom stereocenters. The summed E-state index contributed by atoms with van der Waals surface area (Å²) in [6.07, 6.45) is 2.69. The molecule has 0 bridgehead atoms. The van der Waals surface area contributed by atoms with Gasteiger partial charge in [-0.15, -0.1) is 0 Å². The Kier molecular flexibility index (Phi) is 4.68. The van der Waals surface area contributed by atoms with Crippen molar-refractivity contribution in [3.8, 4) is 0 Å². The van der Waals surface area contributed by atoms with Crippen molar-refractivity contribution in [1.29, 1.82) is 0 Å². The van der Waals surface area contributed by atoms with Gasteiger partial charge < -0.3 is 14.6 Å². The van der Waals surface area contributed by atoms with Gasteiger partial charge in [-0.3, -0.25) is 9.69 Å². The predicted molar refractivity (Wildman–Crippen MR) is 75.5 cm³/mol. The Labute approximate surface area is 124 Å². The summed E-state index contributed by atoms with van der Waals surface area (Å²) in [7, 11) is 0. The van der Waals surface area contributed by atoms with Crippen LogP contribution in [0.3, 0.4) is 0 Å². The summed E-state index contributed by atoms with van der Waals surface area (Å²) in [6.45, 7) is 6.36. The molecule has 0 amide bonds. The second-order valence-corrected chi connectivity index (χ2v) is 5.83. The highest BCUT2D eigenvalue weighted by Gasteiger charge is 2.40. The molecule has 0 aromatic heterocycles. The number of hydrogen-bond donors (Lipinski definition) is 1. The summed E-state index contributed by atoms with van der Waals surface area (Å²) < 4.78 is 10.4. The van der Waals surface area contributed by atoms with Crippen molar-refractivity contribution in [3.05, 3.63) is 11.6 Å². The van der Waals surface area contributed by atoms with Crippen LogP contribution in [0.25, 0.3) is 0 Å². The van der Waals surface area contributed by atoms with Crippen molar-refractivity contribution < 1.29 is 24.2 Å². The van der Waals surface area contributed by atoms with Crippen LogP contribution >= 0.6 is 0 Å². The third-order valence-corrected chi connectivity index (χ3v) is 4.28. The van der Waals surface area contributed by atoms with Crippen LogP contribution in [-0.2, 0) is 19.1 Å². The number of aliphatic hydroxyl groups is 1. The largest absolute Gasteiger partial charge is 0.458 e. The Bertz CT molecular complexity index is 461. The lowest BCUT2D eigenvalue weighted by Gasteiger charge is -2.26. The van der Waals surface area contributed by atoms with E-state index in [-0.39, 0.29) is 12.6 Å². The lowest BCUT2D eigenvalue weighted by atomic mass is 10.0. The fourth-order valence-electron chi connectivity index (χ4n) is 2.90. The van der Waals surface area contributed by atoms with Gasteiger partial charge in [-0.1, -0.05) is 13.0 Å². The highest BCUT2D eigenvalue weighted by atomic mass is 16.6. The Morgan fingerprint density at radius 2 is 2.24 bits per heavy atom. The summed E-state index contributed by atoms with van der Waals surface area (Å²) in [5.41, 5.74) is -0.325. The number of nitrogens with zero attached hydrogens (tertiary/aromatic N) is 1. The summed E-state index contributed by atoms with van der Waals surface area (Å²) in [5.74, 6) is -1.05. The topological polar surface area (TPSA) is 76.1 Å². The van der Waals surface area contributed by atoms with E-state index in [9.17, 15) is 14.7 Å². The molecular formula is C15H23NO5. The van der Waals surface area contributed by atoms with Gasteiger partial charge in [0.15, 0.2) is 0 Å². The van der Waals surface area contributed by atoms with E-state index in [2.05, 4.69) is 4.90 Å². The van der Waals surface area contributed by atoms with Gasteiger partial charge in [0.05, 0.1) is 12.1 Å². The molecule has 6 nitrogen and oxygen atoms in total. The molecule has 2 rings (SSSR count). The highest BCUT2D eigenvalue weighted by Crippen LogP contribution is 2.29. The van der Waals surface area contributed by atoms with Crippen LogP contribution in [0.1, 0.15) is 33.6 Å². The maximum absolute atomic E-state index is 12.2. The van der Waals surface area contributed by atoms with E-state index in [1.165, 1.54) is 6.92 Å². The summed E-state index contributed by atoms with van der Waals surface area (Å²) in [6, 6.07) is -0.0422. The summed E-state index contributed by atoms with van der Waals surface area (Å²) in [4.78, 5) is 25.4. The molecule has 1 N–H and O–H groups in total. The van der Waals surface area contributed by atoms with Crippen LogP contribution in [0.15, 0.2) is 11.6 Å². The predicted octanol–water partition coefficient (Wildman–Crippen LogP) is 0.637. The molecule has 3 atom stereocenters. The van der Waals surface area contributed by atoms with Crippen LogP contribution in [-0.4, -0.2) is 59.4 Å². The van der Waals surface area contributed by atoms with E-state index < -0.39 is 23.6 Å². The number of fused-ring (bicyclic) bond motifs is 1. The standard InChI is InChI=1S/C15H23NO5/c1-4-15(3,21-10(2)17)14(19)20-9-11-5-7-16-8-6-12(18)13(11)16/h5,12-13,18H,4,6-9H2,1-3H3. The fourth-order valence-corrected chi connectivity index (χ4v) is 2.90. The number of ether oxygens (including phenoxy) is 2. The van der Waals surface area contributed by atoms with E-state index in [1.54, 1.807) is 13.8 Å². The third-order valence-electron chi connectivity index (χ3n) is 4.28. The van der Waals surface area contributed by atoms with Gasteiger partial charge in [-0.05, 0) is 25.3 Å². The molecule has 0 aliphatic carbocycles. The van der Waals surface area contributed by atoms with Crippen LogP contribution in [0.5, 0.6) is 0 Å². The van der Waals surface area contributed by atoms with Crippen LogP contribution < -0.4 is 0 Å². The zero-order chi connectivity index (χ0) is 15.6. The van der Waals surface area contributed by atoms with Crippen LogP contribution in [0.4, 0.5) is 0 Å². The first-order valence-electron chi connectivity index (χ1n) is 7.35. The molecule has 1 saturated heterocycles. The molecule has 0 radical (unpaired) electrons. The first kappa shape index (κ1) is 16.0. The molecule has 0 saturated carbocycles. The van der Waals surface area contributed by atoms with E-state index in [1.807, 2.05) is 6.08 Å². The number of carbonyl (C=O) groups excluding carboxylic acids is 2. The van der Waals surface area contributed by atoms with Gasteiger partial charge in [0, 0.05) is 20.0 Å². The summed E-state index contributed by atoms with van der Waals surface area (Å²) in [5, 5.41) is 9.97. The molecular weight excluding hydrogens is 274 g/mol. The molecule has 0 spiro atoms. The Balaban J connectivity index is 1.93. The van der Waals surface area contributed by atoms with Gasteiger partial charge in [0.25, 0.3) is 0 Å². The van der Waals surface area contributed by atoms with Gasteiger partial charge in [0.2, 0.25) is 5.60 Å². The number of carbonyl (C=O) groups is 2. The minimum Gasteiger partial charge on any atom is -0.458 e. The number of rotatable bonds is 5. The lowest BCUT2D eigenvalue weighted by molar-refractivity contribution is -0.179. The Morgan fingerprint density at radius 1 is 1.52 bits per heavy atom. The smallest absolute Gasteiger partial charge is 0.350 e. The lowest BCUT2D eigenvalue weighted by Crippen LogP contribution is -2.41. The van der Waals surface area contributed by atoms with E-state index in [0.29, 0.717) is 6.42 Å². The van der Waals surface area contributed by atoms with Crippen molar-refractivity contribution in [2.45, 2.75) is 51.4 Å². The van der Waals surface area contributed by atoms with E-state index >= 15 is 0 Å². The quantitative estimate of drug-likeness (QED) is 0.593. The Hall–Kier alpha value is -1.40. The van der Waals surface area contributed by atoms with Gasteiger partial charge in [-0.2, -0.15) is 0 Å². The first-order chi connectivity index (χ1) is 9.87. The average molecular weight is 297 g/mol. The Morgan fingerprint density at radius 3 is 2.86 bits per heavy atom. The molecule has 1 fully saturated rings. The van der Waals surface area contributed by atoms with E-state index in [0.717, 1.165) is 25.1 Å². The maximum Gasteiger partial charge on any atom is 0.350 e. The number of hydrogen-bond acceptors (Lipinski definition) is 6. The van der Waals surface area contributed by atoms with Crippen molar-refractivity contribution in [2.24, 2.45) is 0 Å². The maximum atomic E-state index is 12.2. The fraction of sp³-hybridized carbons (Fsp3) is 0.733. The minimum absolute atomic E-state index is 0.0422.